The number of hydrogen-bond donors (Lipinski definition) is 1. The number of fused-ring (bicyclic) bond motifs is 1. The molecule has 0 aromatic carbocycles. The fraction of sp³-hybridized carbons (Fsp3) is 0.375. The lowest BCUT2D eigenvalue weighted by molar-refractivity contribution is -0.126. The van der Waals surface area contributed by atoms with E-state index in [1.54, 1.807) is 24.0 Å². The van der Waals surface area contributed by atoms with Crippen LogP contribution in [0, 0.1) is 6.92 Å². The first-order chi connectivity index (χ1) is 11.1. The number of hydrogen-bond acceptors (Lipinski definition) is 4. The number of pyridine rings is 1. The average Bonchev–Trinajstić information content (AvgIpc) is 2.93. The number of aromatic nitrogens is 3. The predicted octanol–water partition coefficient (Wildman–Crippen LogP) is 1.03. The summed E-state index contributed by atoms with van der Waals surface area (Å²) in [6.07, 6.45) is 3.74. The molecule has 0 spiro atoms. The van der Waals surface area contributed by atoms with E-state index in [0.717, 1.165) is 11.3 Å². The Morgan fingerprint density at radius 2 is 2.30 bits per heavy atom. The molecule has 1 atom stereocenters. The second kappa shape index (κ2) is 6.20. The van der Waals surface area contributed by atoms with E-state index >= 15 is 0 Å². The predicted molar refractivity (Wildman–Crippen MR) is 84.6 cm³/mol. The summed E-state index contributed by atoms with van der Waals surface area (Å²) in [5.74, 6) is 0.429. The number of nitrogens with one attached hydrogen (secondary N) is 1. The van der Waals surface area contributed by atoms with Crippen molar-refractivity contribution in [3.63, 3.8) is 0 Å². The van der Waals surface area contributed by atoms with Gasteiger partial charge < -0.3 is 5.32 Å². The van der Waals surface area contributed by atoms with E-state index in [4.69, 9.17) is 0 Å². The van der Waals surface area contributed by atoms with Gasteiger partial charge in [-0.3, -0.25) is 19.5 Å². The molecule has 2 amide bonds. The van der Waals surface area contributed by atoms with Crippen molar-refractivity contribution in [1.29, 1.82) is 0 Å². The summed E-state index contributed by atoms with van der Waals surface area (Å²) in [5, 5.41) is 7.21. The van der Waals surface area contributed by atoms with Gasteiger partial charge in [0.25, 0.3) is 0 Å². The molecule has 23 heavy (non-hydrogen) atoms. The molecule has 2 aromatic rings. The van der Waals surface area contributed by atoms with Gasteiger partial charge in [0.2, 0.25) is 11.8 Å². The van der Waals surface area contributed by atoms with Gasteiger partial charge in [-0.2, -0.15) is 5.10 Å². The molecule has 1 N–H and O–H groups in total. The monoisotopic (exact) mass is 313 g/mol. The summed E-state index contributed by atoms with van der Waals surface area (Å²) in [5.41, 5.74) is 1.75. The molecule has 1 aliphatic heterocycles. The Balaban J connectivity index is 1.73. The number of anilines is 1. The zero-order chi connectivity index (χ0) is 16.4. The van der Waals surface area contributed by atoms with Crippen molar-refractivity contribution < 1.29 is 9.59 Å². The van der Waals surface area contributed by atoms with Crippen LogP contribution in [0.15, 0.2) is 30.6 Å². The van der Waals surface area contributed by atoms with Crippen molar-refractivity contribution in [2.75, 3.05) is 4.90 Å². The Morgan fingerprint density at radius 3 is 3.04 bits per heavy atom. The second-order valence-electron chi connectivity index (χ2n) is 5.64. The van der Waals surface area contributed by atoms with Gasteiger partial charge in [-0.25, -0.2) is 4.68 Å². The van der Waals surface area contributed by atoms with Gasteiger partial charge in [0, 0.05) is 31.4 Å². The molecule has 1 aliphatic rings. The van der Waals surface area contributed by atoms with Crippen LogP contribution >= 0.6 is 0 Å². The minimum Gasteiger partial charge on any atom is -0.350 e. The van der Waals surface area contributed by atoms with E-state index in [1.807, 2.05) is 25.1 Å². The van der Waals surface area contributed by atoms with Crippen molar-refractivity contribution >= 4 is 17.6 Å². The van der Waals surface area contributed by atoms with Crippen molar-refractivity contribution in [3.8, 4) is 0 Å². The zero-order valence-corrected chi connectivity index (χ0v) is 13.2. The van der Waals surface area contributed by atoms with Gasteiger partial charge in [-0.15, -0.1) is 0 Å². The molecule has 7 heteroatoms. The number of nitrogens with zero attached hydrogens (tertiary/aromatic N) is 4. The van der Waals surface area contributed by atoms with Crippen LogP contribution in [0.3, 0.4) is 0 Å². The van der Waals surface area contributed by atoms with Gasteiger partial charge >= 0.3 is 0 Å². The SMILES string of the molecule is Cc1cc2n(n1)CCC(=O)N2C(C)C(=O)NCc1cccnc1. The molecule has 2 aromatic heterocycles. The molecular weight excluding hydrogens is 294 g/mol. The number of aryl methyl sites for hydroxylation is 2. The van der Waals surface area contributed by atoms with Crippen LogP contribution in [-0.2, 0) is 22.7 Å². The van der Waals surface area contributed by atoms with Crippen molar-refractivity contribution in [2.24, 2.45) is 0 Å². The maximum atomic E-state index is 12.4. The lowest BCUT2D eigenvalue weighted by Gasteiger charge is -2.31. The van der Waals surface area contributed by atoms with Gasteiger partial charge in [0.05, 0.1) is 12.2 Å². The van der Waals surface area contributed by atoms with Crippen LogP contribution in [0.1, 0.15) is 24.6 Å². The second-order valence-corrected chi connectivity index (χ2v) is 5.64. The molecule has 3 heterocycles. The molecule has 7 nitrogen and oxygen atoms in total. The molecular formula is C16H19N5O2. The first kappa shape index (κ1) is 15.2. The van der Waals surface area contributed by atoms with Gasteiger partial charge in [0.1, 0.15) is 11.9 Å². The Bertz CT molecular complexity index is 725. The molecule has 1 unspecified atom stereocenters. The third-order valence-electron chi connectivity index (χ3n) is 3.89. The minimum atomic E-state index is -0.589. The number of carbonyl (C=O) groups is 2. The highest BCUT2D eigenvalue weighted by Gasteiger charge is 2.32. The molecule has 0 bridgehead atoms. The molecule has 0 saturated carbocycles. The Labute approximate surface area is 134 Å². The summed E-state index contributed by atoms with van der Waals surface area (Å²) < 4.78 is 1.78. The molecule has 0 saturated heterocycles. The fourth-order valence-corrected chi connectivity index (χ4v) is 2.71. The third-order valence-corrected chi connectivity index (χ3v) is 3.89. The van der Waals surface area contributed by atoms with Crippen LogP contribution in [0.25, 0.3) is 0 Å². The molecule has 3 rings (SSSR count). The van der Waals surface area contributed by atoms with Crippen molar-refractivity contribution in [3.05, 3.63) is 41.9 Å². The maximum absolute atomic E-state index is 12.4. The standard InChI is InChI=1S/C16H19N5O2/c1-11-8-14-20(19-11)7-5-15(22)21(14)12(2)16(23)18-10-13-4-3-6-17-9-13/h3-4,6,8-9,12H,5,7,10H2,1-2H3,(H,18,23). The van der Waals surface area contributed by atoms with Crippen LogP contribution in [0.2, 0.25) is 0 Å². The first-order valence-corrected chi connectivity index (χ1v) is 7.59. The van der Waals surface area contributed by atoms with Crippen LogP contribution in [0.5, 0.6) is 0 Å². The van der Waals surface area contributed by atoms with Crippen LogP contribution in [0.4, 0.5) is 5.82 Å². The maximum Gasteiger partial charge on any atom is 0.243 e. The van der Waals surface area contributed by atoms with E-state index in [0.29, 0.717) is 25.3 Å². The fourth-order valence-electron chi connectivity index (χ4n) is 2.71. The summed E-state index contributed by atoms with van der Waals surface area (Å²) >= 11 is 0. The van der Waals surface area contributed by atoms with Crippen LogP contribution in [-0.4, -0.2) is 32.6 Å². The quantitative estimate of drug-likeness (QED) is 0.914. The largest absolute Gasteiger partial charge is 0.350 e. The van der Waals surface area contributed by atoms with Gasteiger partial charge in [0.15, 0.2) is 0 Å². The molecule has 0 aliphatic carbocycles. The third kappa shape index (κ3) is 3.08. The van der Waals surface area contributed by atoms with E-state index in [9.17, 15) is 9.59 Å². The summed E-state index contributed by atoms with van der Waals surface area (Å²) in [7, 11) is 0. The summed E-state index contributed by atoms with van der Waals surface area (Å²) in [6, 6.07) is 4.96. The Hall–Kier alpha value is -2.70. The summed E-state index contributed by atoms with van der Waals surface area (Å²) in [4.78, 5) is 30.2. The van der Waals surface area contributed by atoms with Crippen molar-refractivity contribution in [1.82, 2.24) is 20.1 Å². The lowest BCUT2D eigenvalue weighted by Crippen LogP contribution is -2.50. The van der Waals surface area contributed by atoms with Gasteiger partial charge in [-0.05, 0) is 25.5 Å². The minimum absolute atomic E-state index is 0.0542. The van der Waals surface area contributed by atoms with E-state index < -0.39 is 6.04 Å². The Kier molecular flexibility index (Phi) is 4.10. The Morgan fingerprint density at radius 1 is 1.48 bits per heavy atom. The van der Waals surface area contributed by atoms with Crippen LogP contribution < -0.4 is 10.2 Å². The normalized spacial score (nSPS) is 15.2. The number of carbonyl (C=O) groups excluding carboxylic acids is 2. The highest BCUT2D eigenvalue weighted by molar-refractivity contribution is 6.00. The zero-order valence-electron chi connectivity index (χ0n) is 13.2. The van der Waals surface area contributed by atoms with E-state index in [-0.39, 0.29) is 11.8 Å². The highest BCUT2D eigenvalue weighted by Crippen LogP contribution is 2.24. The summed E-state index contributed by atoms with van der Waals surface area (Å²) in [6.45, 7) is 4.55. The van der Waals surface area contributed by atoms with Gasteiger partial charge in [-0.1, -0.05) is 6.07 Å². The number of amides is 2. The lowest BCUT2D eigenvalue weighted by atomic mass is 10.2. The average molecular weight is 313 g/mol. The molecule has 0 fully saturated rings. The van der Waals surface area contributed by atoms with Crippen molar-refractivity contribution in [2.45, 2.75) is 39.4 Å². The smallest absolute Gasteiger partial charge is 0.243 e. The molecule has 120 valence electrons. The topological polar surface area (TPSA) is 80.1 Å². The molecule has 0 radical (unpaired) electrons. The number of rotatable bonds is 4. The van der Waals surface area contributed by atoms with E-state index in [2.05, 4.69) is 15.4 Å². The first-order valence-electron chi connectivity index (χ1n) is 7.59. The van der Waals surface area contributed by atoms with E-state index in [1.165, 1.54) is 4.90 Å². The highest BCUT2D eigenvalue weighted by atomic mass is 16.2.